The van der Waals surface area contributed by atoms with Gasteiger partial charge in [0.25, 0.3) is 0 Å². The molecule has 23 heavy (non-hydrogen) atoms. The number of aromatic hydroxyl groups is 1. The molecular formula is C15H20N4O4. The van der Waals surface area contributed by atoms with E-state index in [4.69, 9.17) is 15.2 Å². The number of phenols is 1. The maximum atomic E-state index is 11.9. The van der Waals surface area contributed by atoms with E-state index in [1.165, 1.54) is 7.11 Å². The number of aromatic amines is 1. The number of anilines is 2. The quantitative estimate of drug-likeness (QED) is 0.645. The molecule has 8 nitrogen and oxygen atoms in total. The van der Waals surface area contributed by atoms with Crippen molar-refractivity contribution in [2.45, 2.75) is 26.4 Å². The van der Waals surface area contributed by atoms with E-state index >= 15 is 0 Å². The largest absolute Gasteiger partial charge is 0.503 e. The van der Waals surface area contributed by atoms with Crippen LogP contribution in [0.1, 0.15) is 20.8 Å². The standard InChI is InChI=1S/C15H20N4O4/c1-15(2,3)23-14(21)17-10-5-8(6-11(22-4)13(10)20)9-7-12(16)19-18-9/h5-7,20H,1-4H3,(H,17,21)(H3,16,18,19). The third-order valence-corrected chi connectivity index (χ3v) is 2.84. The Kier molecular flexibility index (Phi) is 4.35. The lowest BCUT2D eigenvalue weighted by Crippen LogP contribution is -2.27. The van der Waals surface area contributed by atoms with Crippen molar-refractivity contribution in [2.24, 2.45) is 0 Å². The number of hydrogen-bond acceptors (Lipinski definition) is 6. The molecule has 0 saturated heterocycles. The highest BCUT2D eigenvalue weighted by Gasteiger charge is 2.19. The molecule has 124 valence electrons. The van der Waals surface area contributed by atoms with Gasteiger partial charge in [-0.25, -0.2) is 4.79 Å². The molecule has 1 heterocycles. The molecule has 2 rings (SSSR count). The molecule has 0 bridgehead atoms. The van der Waals surface area contributed by atoms with Crippen LogP contribution in [0.4, 0.5) is 16.3 Å². The molecule has 2 aromatic rings. The summed E-state index contributed by atoms with van der Waals surface area (Å²) in [7, 11) is 1.41. The molecule has 1 aromatic heterocycles. The summed E-state index contributed by atoms with van der Waals surface area (Å²) >= 11 is 0. The third kappa shape index (κ3) is 4.06. The molecule has 0 aliphatic rings. The van der Waals surface area contributed by atoms with Crippen molar-refractivity contribution in [2.75, 3.05) is 18.2 Å². The first-order valence-corrected chi connectivity index (χ1v) is 6.92. The van der Waals surface area contributed by atoms with E-state index in [0.29, 0.717) is 17.1 Å². The highest BCUT2D eigenvalue weighted by molar-refractivity contribution is 5.89. The van der Waals surface area contributed by atoms with Gasteiger partial charge < -0.3 is 20.3 Å². The highest BCUT2D eigenvalue weighted by Crippen LogP contribution is 2.38. The Bertz CT molecular complexity index is 719. The summed E-state index contributed by atoms with van der Waals surface area (Å²) < 4.78 is 10.3. The van der Waals surface area contributed by atoms with Crippen LogP contribution in [0.5, 0.6) is 11.5 Å². The average molecular weight is 320 g/mol. The van der Waals surface area contributed by atoms with Crippen LogP contribution in [0.2, 0.25) is 0 Å². The topological polar surface area (TPSA) is 122 Å². The van der Waals surface area contributed by atoms with Crippen molar-refractivity contribution >= 4 is 17.6 Å². The van der Waals surface area contributed by atoms with Crippen LogP contribution in [0, 0.1) is 0 Å². The van der Waals surface area contributed by atoms with Gasteiger partial charge in [0.2, 0.25) is 0 Å². The number of H-pyrrole nitrogens is 1. The van der Waals surface area contributed by atoms with Crippen LogP contribution in [0.25, 0.3) is 11.3 Å². The number of nitrogen functional groups attached to an aromatic ring is 1. The number of phenolic OH excluding ortho intramolecular Hbond substituents is 1. The van der Waals surface area contributed by atoms with Gasteiger partial charge in [-0.15, -0.1) is 0 Å². The summed E-state index contributed by atoms with van der Waals surface area (Å²) in [5.74, 6) is 0.324. The van der Waals surface area contributed by atoms with Crippen LogP contribution in [-0.4, -0.2) is 34.1 Å². The molecule has 0 aliphatic heterocycles. The van der Waals surface area contributed by atoms with Crippen LogP contribution in [-0.2, 0) is 4.74 Å². The van der Waals surface area contributed by atoms with Crippen LogP contribution in [0.15, 0.2) is 18.2 Å². The number of nitrogens with two attached hydrogens (primary N) is 1. The Morgan fingerprint density at radius 3 is 2.57 bits per heavy atom. The predicted octanol–water partition coefficient (Wildman–Crippen LogP) is 2.72. The zero-order chi connectivity index (χ0) is 17.2. The lowest BCUT2D eigenvalue weighted by Gasteiger charge is -2.20. The number of benzene rings is 1. The van der Waals surface area contributed by atoms with Crippen LogP contribution in [0.3, 0.4) is 0 Å². The van der Waals surface area contributed by atoms with Gasteiger partial charge >= 0.3 is 6.09 Å². The second-order valence-electron chi connectivity index (χ2n) is 5.91. The number of ether oxygens (including phenoxy) is 2. The number of methoxy groups -OCH3 is 1. The number of carbonyl (C=O) groups excluding carboxylic acids is 1. The Balaban J connectivity index is 2.36. The molecule has 1 amide bonds. The van der Waals surface area contributed by atoms with Crippen LogP contribution < -0.4 is 15.8 Å². The monoisotopic (exact) mass is 320 g/mol. The predicted molar refractivity (Wildman–Crippen MR) is 86.5 cm³/mol. The summed E-state index contributed by atoms with van der Waals surface area (Å²) in [6, 6.07) is 4.79. The van der Waals surface area contributed by atoms with Gasteiger partial charge in [0.15, 0.2) is 11.5 Å². The number of aromatic nitrogens is 2. The maximum Gasteiger partial charge on any atom is 0.412 e. The minimum Gasteiger partial charge on any atom is -0.503 e. The molecule has 0 atom stereocenters. The maximum absolute atomic E-state index is 11.9. The van der Waals surface area contributed by atoms with E-state index in [1.54, 1.807) is 39.0 Å². The van der Waals surface area contributed by atoms with E-state index in [2.05, 4.69) is 15.5 Å². The number of rotatable bonds is 3. The molecule has 8 heteroatoms. The third-order valence-electron chi connectivity index (χ3n) is 2.84. The van der Waals surface area contributed by atoms with E-state index in [0.717, 1.165) is 0 Å². The fraction of sp³-hybridized carbons (Fsp3) is 0.333. The van der Waals surface area contributed by atoms with Crippen molar-refractivity contribution in [3.05, 3.63) is 18.2 Å². The Morgan fingerprint density at radius 1 is 1.35 bits per heavy atom. The summed E-state index contributed by atoms with van der Waals surface area (Å²) in [5, 5.41) is 19.3. The lowest BCUT2D eigenvalue weighted by atomic mass is 10.1. The number of nitrogens with one attached hydrogen (secondary N) is 2. The van der Waals surface area contributed by atoms with Crippen LogP contribution >= 0.6 is 0 Å². The van der Waals surface area contributed by atoms with Crippen molar-refractivity contribution in [3.8, 4) is 22.8 Å². The van der Waals surface area contributed by atoms with E-state index < -0.39 is 11.7 Å². The fourth-order valence-electron chi connectivity index (χ4n) is 1.91. The SMILES string of the molecule is COc1cc(-c2cc(N)n[nH]2)cc(NC(=O)OC(C)(C)C)c1O. The zero-order valence-corrected chi connectivity index (χ0v) is 13.4. The van der Waals surface area contributed by atoms with Crippen molar-refractivity contribution in [1.82, 2.24) is 10.2 Å². The molecular weight excluding hydrogens is 300 g/mol. The summed E-state index contributed by atoms with van der Waals surface area (Å²) in [6.07, 6.45) is -0.684. The van der Waals surface area contributed by atoms with Gasteiger partial charge in [0.1, 0.15) is 11.4 Å². The molecule has 0 spiro atoms. The summed E-state index contributed by atoms with van der Waals surface area (Å²) in [4.78, 5) is 11.9. The first-order chi connectivity index (χ1) is 10.7. The number of hydrogen-bond donors (Lipinski definition) is 4. The Hall–Kier alpha value is -2.90. The number of amides is 1. The first-order valence-electron chi connectivity index (χ1n) is 6.92. The van der Waals surface area contributed by atoms with Gasteiger partial charge in [-0.2, -0.15) is 5.10 Å². The van der Waals surface area contributed by atoms with Crippen molar-refractivity contribution < 1.29 is 19.4 Å². The first kappa shape index (κ1) is 16.5. The van der Waals surface area contributed by atoms with Gasteiger partial charge in [0.05, 0.1) is 18.5 Å². The molecule has 0 fully saturated rings. The molecule has 5 N–H and O–H groups in total. The number of nitrogens with zero attached hydrogens (tertiary/aromatic N) is 1. The minimum atomic E-state index is -0.684. The Morgan fingerprint density at radius 2 is 2.04 bits per heavy atom. The molecule has 0 aliphatic carbocycles. The molecule has 0 radical (unpaired) electrons. The Labute approximate surface area is 133 Å². The zero-order valence-electron chi connectivity index (χ0n) is 13.4. The minimum absolute atomic E-state index is 0.154. The molecule has 0 saturated carbocycles. The second kappa shape index (κ2) is 6.07. The van der Waals surface area contributed by atoms with E-state index in [-0.39, 0.29) is 17.2 Å². The molecule has 0 unspecified atom stereocenters. The van der Waals surface area contributed by atoms with Gasteiger partial charge in [-0.1, -0.05) is 0 Å². The van der Waals surface area contributed by atoms with Gasteiger partial charge in [-0.3, -0.25) is 10.4 Å². The smallest absolute Gasteiger partial charge is 0.412 e. The van der Waals surface area contributed by atoms with Crippen molar-refractivity contribution in [1.29, 1.82) is 0 Å². The summed E-state index contributed by atoms with van der Waals surface area (Å²) in [6.45, 7) is 5.24. The lowest BCUT2D eigenvalue weighted by molar-refractivity contribution is 0.0635. The average Bonchev–Trinajstić information content (AvgIpc) is 2.85. The second-order valence-corrected chi connectivity index (χ2v) is 5.91. The van der Waals surface area contributed by atoms with Gasteiger partial charge in [0, 0.05) is 11.6 Å². The van der Waals surface area contributed by atoms with E-state index in [9.17, 15) is 9.90 Å². The van der Waals surface area contributed by atoms with Gasteiger partial charge in [-0.05, 0) is 32.9 Å². The highest BCUT2D eigenvalue weighted by atomic mass is 16.6. The molecule has 1 aromatic carbocycles. The van der Waals surface area contributed by atoms with E-state index in [1.807, 2.05) is 0 Å². The number of carbonyl (C=O) groups is 1. The van der Waals surface area contributed by atoms with Crippen molar-refractivity contribution in [3.63, 3.8) is 0 Å². The summed E-state index contributed by atoms with van der Waals surface area (Å²) in [5.41, 5.74) is 6.35. The fourth-order valence-corrected chi connectivity index (χ4v) is 1.91. The normalized spacial score (nSPS) is 11.1.